The van der Waals surface area contributed by atoms with Crippen molar-refractivity contribution in [3.8, 4) is 0 Å². The molecule has 0 unspecified atom stereocenters. The minimum atomic E-state index is 0. The second kappa shape index (κ2) is 12.0. The van der Waals surface area contributed by atoms with E-state index in [2.05, 4.69) is 42.9 Å². The molecular formula is C21H30IN5OS. The van der Waals surface area contributed by atoms with Crippen LogP contribution in [0.5, 0.6) is 0 Å². The van der Waals surface area contributed by atoms with Crippen LogP contribution in [-0.4, -0.2) is 50.0 Å². The summed E-state index contributed by atoms with van der Waals surface area (Å²) in [4.78, 5) is 20.9. The second-order valence-electron chi connectivity index (χ2n) is 6.82. The fraction of sp³-hybridized carbons (Fsp3) is 0.429. The Balaban J connectivity index is 0.00000300. The molecule has 8 heteroatoms. The number of rotatable bonds is 6. The monoisotopic (exact) mass is 527 g/mol. The van der Waals surface area contributed by atoms with Crippen molar-refractivity contribution in [2.45, 2.75) is 26.3 Å². The first-order valence-corrected chi connectivity index (χ1v) is 10.7. The quantitative estimate of drug-likeness (QED) is 0.339. The molecule has 1 aromatic carbocycles. The first kappa shape index (κ1) is 23.5. The molecule has 1 aliphatic heterocycles. The molecule has 2 aromatic rings. The molecule has 2 heterocycles. The van der Waals surface area contributed by atoms with Crippen LogP contribution in [0.15, 0.2) is 46.8 Å². The molecule has 0 radical (unpaired) electrons. The summed E-state index contributed by atoms with van der Waals surface area (Å²) in [7, 11) is 1.83. The first-order valence-electron chi connectivity index (χ1n) is 9.82. The minimum absolute atomic E-state index is 0. The number of carbonyl (C=O) groups is 1. The van der Waals surface area contributed by atoms with Gasteiger partial charge in [-0.15, -0.1) is 35.3 Å². The summed E-state index contributed by atoms with van der Waals surface area (Å²) in [6.07, 6.45) is 1.41. The first-order chi connectivity index (χ1) is 13.7. The Morgan fingerprint density at radius 1 is 1.14 bits per heavy atom. The van der Waals surface area contributed by atoms with Gasteiger partial charge >= 0.3 is 0 Å². The Labute approximate surface area is 194 Å². The van der Waals surface area contributed by atoms with Crippen molar-refractivity contribution in [1.82, 2.24) is 10.2 Å². The van der Waals surface area contributed by atoms with Crippen LogP contribution in [0.4, 0.5) is 10.7 Å². The number of halogens is 1. The molecule has 0 aliphatic carbocycles. The van der Waals surface area contributed by atoms with E-state index in [0.29, 0.717) is 13.0 Å². The van der Waals surface area contributed by atoms with E-state index in [9.17, 15) is 4.79 Å². The summed E-state index contributed by atoms with van der Waals surface area (Å²) in [5, 5.41) is 9.85. The van der Waals surface area contributed by atoms with Gasteiger partial charge in [0.15, 0.2) is 5.96 Å². The molecule has 0 atom stereocenters. The number of nitrogens with one attached hydrogen (secondary N) is 2. The van der Waals surface area contributed by atoms with Gasteiger partial charge in [0.25, 0.3) is 0 Å². The van der Waals surface area contributed by atoms with Crippen LogP contribution in [-0.2, 0) is 11.3 Å². The lowest BCUT2D eigenvalue weighted by Gasteiger charge is -2.37. The molecule has 3 rings (SSSR count). The van der Waals surface area contributed by atoms with Gasteiger partial charge in [0.2, 0.25) is 5.91 Å². The fourth-order valence-electron chi connectivity index (χ4n) is 3.26. The van der Waals surface area contributed by atoms with Crippen molar-refractivity contribution < 1.29 is 4.79 Å². The maximum absolute atomic E-state index is 11.7. The molecule has 0 spiro atoms. The molecule has 1 saturated heterocycles. The number of guanidine groups is 1. The van der Waals surface area contributed by atoms with Gasteiger partial charge in [-0.3, -0.25) is 9.79 Å². The Bertz CT molecular complexity index is 771. The molecule has 158 valence electrons. The lowest BCUT2D eigenvalue weighted by Crippen LogP contribution is -2.52. The molecule has 0 bridgehead atoms. The van der Waals surface area contributed by atoms with Crippen molar-refractivity contribution in [2.24, 2.45) is 4.99 Å². The highest BCUT2D eigenvalue weighted by Crippen LogP contribution is 2.22. The van der Waals surface area contributed by atoms with Gasteiger partial charge in [-0.2, -0.15) is 0 Å². The van der Waals surface area contributed by atoms with Crippen molar-refractivity contribution in [2.75, 3.05) is 43.4 Å². The van der Waals surface area contributed by atoms with E-state index < -0.39 is 0 Å². The van der Waals surface area contributed by atoms with Crippen molar-refractivity contribution in [3.63, 3.8) is 0 Å². The zero-order chi connectivity index (χ0) is 19.8. The number of anilines is 2. The molecular weight excluding hydrogens is 497 g/mol. The molecule has 1 amide bonds. The summed E-state index contributed by atoms with van der Waals surface area (Å²) in [6, 6.07) is 12.3. The van der Waals surface area contributed by atoms with Crippen LogP contribution >= 0.6 is 35.3 Å². The third kappa shape index (κ3) is 6.88. The average molecular weight is 527 g/mol. The Kier molecular flexibility index (Phi) is 9.72. The number of piperazine rings is 1. The Hall–Kier alpha value is -1.81. The van der Waals surface area contributed by atoms with E-state index in [4.69, 9.17) is 0 Å². The van der Waals surface area contributed by atoms with Gasteiger partial charge in [-0.1, -0.05) is 19.1 Å². The zero-order valence-electron chi connectivity index (χ0n) is 17.1. The minimum Gasteiger partial charge on any atom is -0.360 e. The summed E-state index contributed by atoms with van der Waals surface area (Å²) >= 11 is 1.79. The number of amides is 1. The number of hydrogen-bond donors (Lipinski definition) is 2. The van der Waals surface area contributed by atoms with E-state index in [1.165, 1.54) is 5.00 Å². The Morgan fingerprint density at radius 3 is 2.45 bits per heavy atom. The average Bonchev–Trinajstić information content (AvgIpc) is 3.25. The molecule has 1 aromatic heterocycles. The van der Waals surface area contributed by atoms with Gasteiger partial charge in [0, 0.05) is 51.9 Å². The van der Waals surface area contributed by atoms with E-state index in [-0.39, 0.29) is 29.9 Å². The predicted molar refractivity (Wildman–Crippen MR) is 134 cm³/mol. The molecule has 1 aliphatic rings. The number of nitrogens with zero attached hydrogens (tertiary/aromatic N) is 3. The van der Waals surface area contributed by atoms with E-state index in [1.807, 2.05) is 38.2 Å². The van der Waals surface area contributed by atoms with Crippen molar-refractivity contribution >= 4 is 57.9 Å². The smallest absolute Gasteiger partial charge is 0.224 e. The maximum Gasteiger partial charge on any atom is 0.224 e. The Morgan fingerprint density at radius 2 is 1.86 bits per heavy atom. The third-order valence-corrected chi connectivity index (χ3v) is 5.70. The second-order valence-corrected chi connectivity index (χ2v) is 7.75. The molecule has 0 saturated carbocycles. The number of carbonyl (C=O) groups excluding carboxylic acids is 1. The number of aliphatic imine (C=N–C) groups is 1. The summed E-state index contributed by atoms with van der Waals surface area (Å²) in [5.41, 5.74) is 2.00. The molecule has 29 heavy (non-hydrogen) atoms. The van der Waals surface area contributed by atoms with Crippen LogP contribution < -0.4 is 15.5 Å². The molecule has 2 N–H and O–H groups in total. The maximum atomic E-state index is 11.7. The summed E-state index contributed by atoms with van der Waals surface area (Å²) < 4.78 is 0. The topological polar surface area (TPSA) is 60.0 Å². The van der Waals surface area contributed by atoms with Gasteiger partial charge in [-0.25, -0.2) is 0 Å². The van der Waals surface area contributed by atoms with Crippen LogP contribution in [0.2, 0.25) is 0 Å². The lowest BCUT2D eigenvalue weighted by molar-refractivity contribution is -0.116. The highest BCUT2D eigenvalue weighted by Gasteiger charge is 2.20. The van der Waals surface area contributed by atoms with Gasteiger partial charge in [-0.05, 0) is 41.6 Å². The SMILES string of the molecule is CCCC(=O)Nc1ccc(CNC(=NC)N2CCN(c3cccs3)CC2)cc1.I. The zero-order valence-corrected chi connectivity index (χ0v) is 20.2. The van der Waals surface area contributed by atoms with Gasteiger partial charge in [0.1, 0.15) is 0 Å². The highest BCUT2D eigenvalue weighted by atomic mass is 127. The summed E-state index contributed by atoms with van der Waals surface area (Å²) in [6.45, 7) is 6.64. The van der Waals surface area contributed by atoms with E-state index in [0.717, 1.165) is 49.8 Å². The standard InChI is InChI=1S/C21H29N5OS.HI/c1-3-5-19(27)24-18-9-7-17(8-10-18)16-23-21(22-2)26-13-11-25(12-14-26)20-6-4-15-28-20;/h4,6-10,15H,3,5,11-14,16H2,1-2H3,(H,22,23)(H,24,27);1H. The number of hydrogen-bond acceptors (Lipinski definition) is 4. The van der Waals surface area contributed by atoms with Crippen LogP contribution in [0.1, 0.15) is 25.3 Å². The van der Waals surface area contributed by atoms with E-state index >= 15 is 0 Å². The predicted octanol–water partition coefficient (Wildman–Crippen LogP) is 4.00. The van der Waals surface area contributed by atoms with Crippen LogP contribution in [0.25, 0.3) is 0 Å². The third-order valence-electron chi connectivity index (χ3n) is 4.77. The van der Waals surface area contributed by atoms with Gasteiger partial charge < -0.3 is 20.4 Å². The number of benzene rings is 1. The van der Waals surface area contributed by atoms with Crippen LogP contribution in [0, 0.1) is 0 Å². The summed E-state index contributed by atoms with van der Waals surface area (Å²) in [5.74, 6) is 1.00. The van der Waals surface area contributed by atoms with Crippen molar-refractivity contribution in [1.29, 1.82) is 0 Å². The fourth-order valence-corrected chi connectivity index (χ4v) is 4.04. The normalized spacial score (nSPS) is 14.3. The van der Waals surface area contributed by atoms with Crippen LogP contribution in [0.3, 0.4) is 0 Å². The highest BCUT2D eigenvalue weighted by molar-refractivity contribution is 14.0. The molecule has 1 fully saturated rings. The van der Waals surface area contributed by atoms with Gasteiger partial charge in [0.05, 0.1) is 5.00 Å². The lowest BCUT2D eigenvalue weighted by atomic mass is 10.2. The number of thiophene rings is 1. The molecule has 6 nitrogen and oxygen atoms in total. The van der Waals surface area contributed by atoms with Crippen molar-refractivity contribution in [3.05, 3.63) is 47.3 Å². The largest absolute Gasteiger partial charge is 0.360 e. The van der Waals surface area contributed by atoms with E-state index in [1.54, 1.807) is 11.3 Å².